The fourth-order valence-corrected chi connectivity index (χ4v) is 2.66. The molecule has 6 heteroatoms. The number of nitrogens with one attached hydrogen (secondary N) is 1. The predicted octanol–water partition coefficient (Wildman–Crippen LogP) is 0.186. The Morgan fingerprint density at radius 3 is 3.13 bits per heavy atom. The largest absolute Gasteiger partial charge is 0.481 e. The molecule has 15 heavy (non-hydrogen) atoms. The quantitative estimate of drug-likeness (QED) is 0.752. The zero-order valence-corrected chi connectivity index (χ0v) is 8.76. The molecule has 5 nitrogen and oxygen atoms in total. The van der Waals surface area contributed by atoms with Crippen molar-refractivity contribution in [3.63, 3.8) is 0 Å². The zero-order chi connectivity index (χ0) is 10.8. The Morgan fingerprint density at radius 2 is 2.40 bits per heavy atom. The molecule has 0 unspecified atom stereocenters. The fraction of sp³-hybridized carbons (Fsp3) is 0.444. The van der Waals surface area contributed by atoms with E-state index < -0.39 is 11.7 Å². The Morgan fingerprint density at radius 1 is 1.60 bits per heavy atom. The van der Waals surface area contributed by atoms with Crippen molar-refractivity contribution in [3.05, 3.63) is 27.4 Å². The Kier molecular flexibility index (Phi) is 2.77. The topological polar surface area (TPSA) is 83.0 Å². The molecule has 1 aliphatic rings. The Labute approximate surface area is 89.9 Å². The van der Waals surface area contributed by atoms with Crippen LogP contribution in [0.5, 0.6) is 0 Å². The van der Waals surface area contributed by atoms with Crippen molar-refractivity contribution in [1.29, 1.82) is 0 Å². The van der Waals surface area contributed by atoms with E-state index in [2.05, 4.69) is 9.97 Å². The van der Waals surface area contributed by atoms with Gasteiger partial charge >= 0.3 is 11.7 Å². The number of carbonyl (C=O) groups is 1. The minimum Gasteiger partial charge on any atom is -0.481 e. The maximum atomic E-state index is 11.2. The van der Waals surface area contributed by atoms with Gasteiger partial charge in [-0.1, -0.05) is 0 Å². The van der Waals surface area contributed by atoms with Gasteiger partial charge in [0.25, 0.3) is 0 Å². The summed E-state index contributed by atoms with van der Waals surface area (Å²) >= 11 is 1.73. The molecule has 0 atom stereocenters. The highest BCUT2D eigenvalue weighted by Gasteiger charge is 2.17. The number of aromatic nitrogens is 2. The summed E-state index contributed by atoms with van der Waals surface area (Å²) in [5.74, 6) is 0.743. The lowest BCUT2D eigenvalue weighted by Crippen LogP contribution is -2.22. The first-order valence-electron chi connectivity index (χ1n) is 4.57. The fourth-order valence-electron chi connectivity index (χ4n) is 1.62. The number of thioether (sulfide) groups is 1. The van der Waals surface area contributed by atoms with Crippen molar-refractivity contribution in [2.45, 2.75) is 18.6 Å². The molecule has 0 saturated carbocycles. The Balaban J connectivity index is 2.47. The molecule has 1 aliphatic heterocycles. The molecule has 0 aromatic carbocycles. The van der Waals surface area contributed by atoms with Gasteiger partial charge < -0.3 is 10.1 Å². The van der Waals surface area contributed by atoms with Crippen LogP contribution in [-0.2, 0) is 23.4 Å². The third kappa shape index (κ3) is 2.20. The summed E-state index contributed by atoms with van der Waals surface area (Å²) in [6, 6.07) is 0. The van der Waals surface area contributed by atoms with Crippen LogP contribution in [0, 0.1) is 0 Å². The van der Waals surface area contributed by atoms with E-state index in [1.807, 2.05) is 0 Å². The SMILES string of the molecule is O=C(O)Cc1nc(=O)[nH]c2c1CSCC2. The number of aliphatic carboxylic acids is 1. The van der Waals surface area contributed by atoms with Crippen LogP contribution in [0.4, 0.5) is 0 Å². The van der Waals surface area contributed by atoms with E-state index in [4.69, 9.17) is 5.11 Å². The molecule has 0 saturated heterocycles. The summed E-state index contributed by atoms with van der Waals surface area (Å²) in [4.78, 5) is 28.2. The molecule has 0 fully saturated rings. The first kappa shape index (κ1) is 10.2. The number of carboxylic acids is 1. The van der Waals surface area contributed by atoms with Crippen molar-refractivity contribution in [1.82, 2.24) is 9.97 Å². The first-order valence-corrected chi connectivity index (χ1v) is 5.73. The molecule has 0 aliphatic carbocycles. The summed E-state index contributed by atoms with van der Waals surface area (Å²) in [7, 11) is 0. The molecule has 0 spiro atoms. The van der Waals surface area contributed by atoms with Gasteiger partial charge in [-0.2, -0.15) is 16.7 Å². The lowest BCUT2D eigenvalue weighted by Gasteiger charge is -2.16. The lowest BCUT2D eigenvalue weighted by molar-refractivity contribution is -0.136. The van der Waals surface area contributed by atoms with Crippen molar-refractivity contribution >= 4 is 17.7 Å². The molecule has 0 amide bonds. The van der Waals surface area contributed by atoms with E-state index in [-0.39, 0.29) is 6.42 Å². The van der Waals surface area contributed by atoms with Crippen molar-refractivity contribution < 1.29 is 9.90 Å². The van der Waals surface area contributed by atoms with Crippen LogP contribution in [0.25, 0.3) is 0 Å². The molecule has 2 heterocycles. The van der Waals surface area contributed by atoms with Gasteiger partial charge in [-0.05, 0) is 12.2 Å². The molecule has 2 N–H and O–H groups in total. The number of H-pyrrole nitrogens is 1. The first-order chi connectivity index (χ1) is 7.16. The minimum atomic E-state index is -0.953. The van der Waals surface area contributed by atoms with Crippen molar-refractivity contribution in [3.8, 4) is 0 Å². The normalized spacial score (nSPS) is 14.7. The molecule has 1 aromatic heterocycles. The molecule has 0 radical (unpaired) electrons. The standard InChI is InChI=1S/C9H10N2O3S/c12-8(13)3-7-5-4-15-2-1-6(5)10-9(14)11-7/h1-4H2,(H,12,13)(H,10,11,14). The Hall–Kier alpha value is -1.30. The van der Waals surface area contributed by atoms with Crippen molar-refractivity contribution in [2.75, 3.05) is 5.75 Å². The number of fused-ring (bicyclic) bond motifs is 1. The molecule has 80 valence electrons. The van der Waals surface area contributed by atoms with Crippen LogP contribution in [0.3, 0.4) is 0 Å². The molecular formula is C9H10N2O3S. The van der Waals surface area contributed by atoms with E-state index in [1.54, 1.807) is 11.8 Å². The van der Waals surface area contributed by atoms with Gasteiger partial charge in [0.1, 0.15) is 0 Å². The number of carboxylic acid groups (broad SMARTS) is 1. The second-order valence-corrected chi connectivity index (χ2v) is 4.42. The highest BCUT2D eigenvalue weighted by atomic mass is 32.2. The minimum absolute atomic E-state index is 0.174. The van der Waals surface area contributed by atoms with Crippen LogP contribution >= 0.6 is 11.8 Å². The Bertz CT molecular complexity index is 455. The molecule has 2 rings (SSSR count). The average Bonchev–Trinajstić information content (AvgIpc) is 2.16. The van der Waals surface area contributed by atoms with E-state index >= 15 is 0 Å². The van der Waals surface area contributed by atoms with Gasteiger partial charge in [-0.3, -0.25) is 4.79 Å². The number of hydrogen-bond acceptors (Lipinski definition) is 4. The summed E-state index contributed by atoms with van der Waals surface area (Å²) in [5, 5.41) is 8.70. The number of aryl methyl sites for hydroxylation is 1. The summed E-state index contributed by atoms with van der Waals surface area (Å²) < 4.78 is 0. The summed E-state index contributed by atoms with van der Waals surface area (Å²) in [6.07, 6.45) is 0.608. The van der Waals surface area contributed by atoms with E-state index in [0.29, 0.717) is 5.69 Å². The summed E-state index contributed by atoms with van der Waals surface area (Å²) in [6.45, 7) is 0. The van der Waals surface area contributed by atoms with Crippen LogP contribution in [0.1, 0.15) is 17.0 Å². The molecular weight excluding hydrogens is 216 g/mol. The van der Waals surface area contributed by atoms with Gasteiger partial charge in [0, 0.05) is 17.0 Å². The van der Waals surface area contributed by atoms with E-state index in [0.717, 1.165) is 29.2 Å². The number of nitrogens with zero attached hydrogens (tertiary/aromatic N) is 1. The van der Waals surface area contributed by atoms with Gasteiger partial charge in [0.05, 0.1) is 12.1 Å². The molecule has 0 bridgehead atoms. The second kappa shape index (κ2) is 4.06. The smallest absolute Gasteiger partial charge is 0.345 e. The van der Waals surface area contributed by atoms with Gasteiger partial charge in [0.2, 0.25) is 0 Å². The third-order valence-electron chi connectivity index (χ3n) is 2.27. The highest BCUT2D eigenvalue weighted by molar-refractivity contribution is 7.98. The van der Waals surface area contributed by atoms with Crippen LogP contribution in [0.15, 0.2) is 4.79 Å². The third-order valence-corrected chi connectivity index (χ3v) is 3.25. The summed E-state index contributed by atoms with van der Waals surface area (Å²) in [5.41, 5.74) is 1.71. The number of aromatic amines is 1. The number of rotatable bonds is 2. The zero-order valence-electron chi connectivity index (χ0n) is 7.95. The second-order valence-electron chi connectivity index (χ2n) is 3.32. The van der Waals surface area contributed by atoms with Crippen molar-refractivity contribution in [2.24, 2.45) is 0 Å². The van der Waals surface area contributed by atoms with Crippen LogP contribution in [0.2, 0.25) is 0 Å². The van der Waals surface area contributed by atoms with E-state index in [9.17, 15) is 9.59 Å². The highest BCUT2D eigenvalue weighted by Crippen LogP contribution is 2.24. The van der Waals surface area contributed by atoms with Gasteiger partial charge in [-0.25, -0.2) is 4.79 Å². The number of hydrogen-bond donors (Lipinski definition) is 2. The van der Waals surface area contributed by atoms with Crippen LogP contribution < -0.4 is 5.69 Å². The maximum Gasteiger partial charge on any atom is 0.345 e. The van der Waals surface area contributed by atoms with E-state index in [1.165, 1.54) is 0 Å². The average molecular weight is 226 g/mol. The van der Waals surface area contributed by atoms with Gasteiger partial charge in [0.15, 0.2) is 0 Å². The maximum absolute atomic E-state index is 11.2. The molecule has 1 aromatic rings. The lowest BCUT2D eigenvalue weighted by atomic mass is 10.1. The van der Waals surface area contributed by atoms with Gasteiger partial charge in [-0.15, -0.1) is 0 Å². The predicted molar refractivity (Wildman–Crippen MR) is 56.1 cm³/mol. The van der Waals surface area contributed by atoms with Crippen LogP contribution in [-0.4, -0.2) is 26.8 Å². The monoisotopic (exact) mass is 226 g/mol.